The Morgan fingerprint density at radius 3 is 2.56 bits per heavy atom. The lowest BCUT2D eigenvalue weighted by molar-refractivity contribution is 0.0390. The predicted molar refractivity (Wildman–Crippen MR) is 72.5 cm³/mol. The molecule has 2 aliphatic rings. The van der Waals surface area contributed by atoms with Crippen LogP contribution in [0.2, 0.25) is 0 Å². The van der Waals surface area contributed by atoms with Crippen molar-refractivity contribution in [3.63, 3.8) is 0 Å². The van der Waals surface area contributed by atoms with E-state index in [4.69, 9.17) is 0 Å². The zero-order valence-corrected chi connectivity index (χ0v) is 10.8. The Morgan fingerprint density at radius 2 is 1.72 bits per heavy atom. The number of carbonyl (C=O) groups excluding carboxylic acids is 1. The van der Waals surface area contributed by atoms with Gasteiger partial charge in [0.05, 0.1) is 0 Å². The van der Waals surface area contributed by atoms with Crippen LogP contribution in [-0.2, 0) is 0 Å². The van der Waals surface area contributed by atoms with Crippen LogP contribution < -0.4 is 0 Å². The summed E-state index contributed by atoms with van der Waals surface area (Å²) in [6.07, 6.45) is 7.68. The SMILES string of the molecule is O=C(c1ccccc1)N1CCC[C@H]2CCCC[C@H]21. The molecular formula is C16H21NO. The third-order valence-electron chi connectivity index (χ3n) is 4.52. The summed E-state index contributed by atoms with van der Waals surface area (Å²) in [5.41, 5.74) is 0.851. The summed E-state index contributed by atoms with van der Waals surface area (Å²) in [6, 6.07) is 10.3. The number of rotatable bonds is 1. The smallest absolute Gasteiger partial charge is 0.254 e. The van der Waals surface area contributed by atoms with Crippen LogP contribution in [0.25, 0.3) is 0 Å². The first-order valence-corrected chi connectivity index (χ1v) is 7.22. The van der Waals surface area contributed by atoms with Crippen molar-refractivity contribution < 1.29 is 4.79 Å². The Kier molecular flexibility index (Phi) is 3.35. The fourth-order valence-corrected chi connectivity index (χ4v) is 3.62. The van der Waals surface area contributed by atoms with Gasteiger partial charge in [-0.1, -0.05) is 31.0 Å². The van der Waals surface area contributed by atoms with Crippen LogP contribution >= 0.6 is 0 Å². The van der Waals surface area contributed by atoms with Gasteiger partial charge in [-0.15, -0.1) is 0 Å². The largest absolute Gasteiger partial charge is 0.335 e. The zero-order valence-electron chi connectivity index (χ0n) is 10.8. The summed E-state index contributed by atoms with van der Waals surface area (Å²) in [4.78, 5) is 14.7. The molecule has 1 saturated heterocycles. The van der Waals surface area contributed by atoms with E-state index in [9.17, 15) is 4.79 Å². The second-order valence-corrected chi connectivity index (χ2v) is 5.62. The Balaban J connectivity index is 1.80. The monoisotopic (exact) mass is 243 g/mol. The lowest BCUT2D eigenvalue weighted by atomic mass is 9.78. The number of benzene rings is 1. The van der Waals surface area contributed by atoms with Crippen LogP contribution in [0.4, 0.5) is 0 Å². The first-order valence-electron chi connectivity index (χ1n) is 7.22. The van der Waals surface area contributed by atoms with Gasteiger partial charge >= 0.3 is 0 Å². The third kappa shape index (κ3) is 2.16. The van der Waals surface area contributed by atoms with Gasteiger partial charge in [-0.3, -0.25) is 4.79 Å². The van der Waals surface area contributed by atoms with E-state index in [-0.39, 0.29) is 5.91 Å². The fourth-order valence-electron chi connectivity index (χ4n) is 3.62. The molecule has 2 fully saturated rings. The van der Waals surface area contributed by atoms with Crippen molar-refractivity contribution in [3.8, 4) is 0 Å². The maximum Gasteiger partial charge on any atom is 0.254 e. The molecule has 0 bridgehead atoms. The summed E-state index contributed by atoms with van der Waals surface area (Å²) >= 11 is 0. The Bertz CT molecular complexity index is 412. The molecule has 1 heterocycles. The number of piperidine rings is 1. The number of likely N-dealkylation sites (tertiary alicyclic amines) is 1. The van der Waals surface area contributed by atoms with Gasteiger partial charge in [-0.05, 0) is 43.7 Å². The Morgan fingerprint density at radius 1 is 1.00 bits per heavy atom. The molecule has 2 nitrogen and oxygen atoms in total. The predicted octanol–water partition coefficient (Wildman–Crippen LogP) is 3.48. The molecule has 18 heavy (non-hydrogen) atoms. The summed E-state index contributed by atoms with van der Waals surface area (Å²) in [5, 5.41) is 0. The molecule has 0 unspecified atom stereocenters. The van der Waals surface area contributed by atoms with Crippen molar-refractivity contribution >= 4 is 5.91 Å². The topological polar surface area (TPSA) is 20.3 Å². The average molecular weight is 243 g/mol. The lowest BCUT2D eigenvalue weighted by Gasteiger charge is -2.44. The molecule has 3 rings (SSSR count). The van der Waals surface area contributed by atoms with E-state index in [0.717, 1.165) is 18.0 Å². The molecule has 2 heteroatoms. The van der Waals surface area contributed by atoms with E-state index < -0.39 is 0 Å². The van der Waals surface area contributed by atoms with Gasteiger partial charge in [0, 0.05) is 18.2 Å². The maximum absolute atomic E-state index is 12.6. The van der Waals surface area contributed by atoms with E-state index in [1.807, 2.05) is 30.3 Å². The second-order valence-electron chi connectivity index (χ2n) is 5.62. The van der Waals surface area contributed by atoms with Gasteiger partial charge in [-0.2, -0.15) is 0 Å². The highest BCUT2D eigenvalue weighted by molar-refractivity contribution is 5.94. The molecule has 1 aromatic rings. The normalized spacial score (nSPS) is 27.7. The van der Waals surface area contributed by atoms with E-state index in [1.54, 1.807) is 0 Å². The van der Waals surface area contributed by atoms with Gasteiger partial charge in [0.1, 0.15) is 0 Å². The van der Waals surface area contributed by atoms with Gasteiger partial charge in [0.25, 0.3) is 5.91 Å². The average Bonchev–Trinajstić information content (AvgIpc) is 2.47. The summed E-state index contributed by atoms with van der Waals surface area (Å²) in [5.74, 6) is 1.01. The maximum atomic E-state index is 12.6. The zero-order chi connectivity index (χ0) is 12.4. The van der Waals surface area contributed by atoms with Gasteiger partial charge in [-0.25, -0.2) is 0 Å². The van der Waals surface area contributed by atoms with Gasteiger partial charge < -0.3 is 4.90 Å². The van der Waals surface area contributed by atoms with Crippen LogP contribution in [0.3, 0.4) is 0 Å². The van der Waals surface area contributed by atoms with E-state index in [0.29, 0.717) is 6.04 Å². The molecule has 1 aliphatic heterocycles. The van der Waals surface area contributed by atoms with Crippen molar-refractivity contribution in [2.75, 3.05) is 6.54 Å². The summed E-state index contributed by atoms with van der Waals surface area (Å²) < 4.78 is 0. The molecular weight excluding hydrogens is 222 g/mol. The van der Waals surface area contributed by atoms with Crippen LogP contribution in [0.15, 0.2) is 30.3 Å². The van der Waals surface area contributed by atoms with Crippen LogP contribution in [0, 0.1) is 5.92 Å². The molecule has 0 aromatic heterocycles. The molecule has 1 aromatic carbocycles. The van der Waals surface area contributed by atoms with Crippen LogP contribution in [-0.4, -0.2) is 23.4 Å². The van der Waals surface area contributed by atoms with Gasteiger partial charge in [0.15, 0.2) is 0 Å². The number of hydrogen-bond donors (Lipinski definition) is 0. The van der Waals surface area contributed by atoms with E-state index in [1.165, 1.54) is 38.5 Å². The Hall–Kier alpha value is -1.31. The minimum absolute atomic E-state index is 0.243. The second kappa shape index (κ2) is 5.13. The number of nitrogens with zero attached hydrogens (tertiary/aromatic N) is 1. The first-order chi connectivity index (χ1) is 8.86. The highest BCUT2D eigenvalue weighted by Crippen LogP contribution is 2.35. The van der Waals surface area contributed by atoms with E-state index >= 15 is 0 Å². The third-order valence-corrected chi connectivity index (χ3v) is 4.52. The quantitative estimate of drug-likeness (QED) is 0.739. The molecule has 96 valence electrons. The van der Waals surface area contributed by atoms with Crippen LogP contribution in [0.1, 0.15) is 48.9 Å². The minimum atomic E-state index is 0.243. The van der Waals surface area contributed by atoms with Crippen molar-refractivity contribution in [3.05, 3.63) is 35.9 Å². The lowest BCUT2D eigenvalue weighted by Crippen LogP contribution is -2.49. The van der Waals surface area contributed by atoms with E-state index in [2.05, 4.69) is 4.90 Å². The Labute approximate surface area is 109 Å². The van der Waals surface area contributed by atoms with Crippen molar-refractivity contribution in [1.29, 1.82) is 0 Å². The van der Waals surface area contributed by atoms with Gasteiger partial charge in [0.2, 0.25) is 0 Å². The number of hydrogen-bond acceptors (Lipinski definition) is 1. The molecule has 1 aliphatic carbocycles. The minimum Gasteiger partial charge on any atom is -0.335 e. The van der Waals surface area contributed by atoms with Crippen LogP contribution in [0.5, 0.6) is 0 Å². The molecule has 1 saturated carbocycles. The number of fused-ring (bicyclic) bond motifs is 1. The summed E-state index contributed by atoms with van der Waals surface area (Å²) in [6.45, 7) is 0.953. The molecule has 2 atom stereocenters. The highest BCUT2D eigenvalue weighted by Gasteiger charge is 2.35. The number of carbonyl (C=O) groups is 1. The standard InChI is InChI=1S/C16H21NO/c18-16(14-8-2-1-3-9-14)17-12-6-10-13-7-4-5-11-15(13)17/h1-3,8-9,13,15H,4-7,10-12H2/t13-,15-/m1/s1. The first kappa shape index (κ1) is 11.8. The molecule has 1 amide bonds. The van der Waals surface area contributed by atoms with Crippen molar-refractivity contribution in [1.82, 2.24) is 4.90 Å². The molecule has 0 spiro atoms. The molecule has 0 N–H and O–H groups in total. The fraction of sp³-hybridized carbons (Fsp3) is 0.562. The van der Waals surface area contributed by atoms with Crippen molar-refractivity contribution in [2.45, 2.75) is 44.6 Å². The molecule has 0 radical (unpaired) electrons. The van der Waals surface area contributed by atoms with Crippen molar-refractivity contribution in [2.24, 2.45) is 5.92 Å². The number of amides is 1. The highest BCUT2D eigenvalue weighted by atomic mass is 16.2. The summed E-state index contributed by atoms with van der Waals surface area (Å²) in [7, 11) is 0.